The topological polar surface area (TPSA) is 18.5 Å². The molecule has 0 rings (SSSR count). The Balaban J connectivity index is 3.51. The van der Waals surface area contributed by atoms with E-state index in [0.717, 1.165) is 12.8 Å². The van der Waals surface area contributed by atoms with Crippen molar-refractivity contribution >= 4 is 10.0 Å². The van der Waals surface area contributed by atoms with Crippen molar-refractivity contribution in [2.75, 3.05) is 0 Å². The fourth-order valence-corrected chi connectivity index (χ4v) is 6.74. The molecule has 0 aliphatic heterocycles. The standard InChI is InChI=1S/C34H72O2Si/c1-5-9-11-13-15-17-19-21-23-25-27-29-31-33(7-3)35-37-36-34(8-4)32-30-28-26-24-22-20-18-16-14-12-10-6-2/h33-34H,5-32,37H2,1-4H3. The Morgan fingerprint density at radius 2 is 0.595 bits per heavy atom. The molecule has 0 aliphatic rings. The van der Waals surface area contributed by atoms with E-state index in [2.05, 4.69) is 27.7 Å². The summed E-state index contributed by atoms with van der Waals surface area (Å²) >= 11 is 0. The third kappa shape index (κ3) is 29.0. The van der Waals surface area contributed by atoms with Gasteiger partial charge in [-0.05, 0) is 25.7 Å². The first-order valence-corrected chi connectivity index (χ1v) is 18.7. The number of rotatable bonds is 32. The van der Waals surface area contributed by atoms with Crippen molar-refractivity contribution in [1.29, 1.82) is 0 Å². The fourth-order valence-electron chi connectivity index (χ4n) is 5.47. The summed E-state index contributed by atoms with van der Waals surface area (Å²) in [6.45, 7) is 9.16. The molecule has 2 nitrogen and oxygen atoms in total. The molecule has 0 aromatic rings. The normalized spacial score (nSPS) is 13.6. The first-order chi connectivity index (χ1) is 18.3. The van der Waals surface area contributed by atoms with Crippen LogP contribution in [-0.2, 0) is 8.85 Å². The van der Waals surface area contributed by atoms with E-state index in [1.54, 1.807) is 0 Å². The van der Waals surface area contributed by atoms with Gasteiger partial charge in [0.2, 0.25) is 0 Å². The average molecular weight is 541 g/mol. The van der Waals surface area contributed by atoms with Crippen LogP contribution in [-0.4, -0.2) is 22.2 Å². The minimum absolute atomic E-state index is 0.443. The van der Waals surface area contributed by atoms with Crippen LogP contribution in [0.5, 0.6) is 0 Å². The Morgan fingerprint density at radius 3 is 0.838 bits per heavy atom. The molecule has 0 aromatic carbocycles. The van der Waals surface area contributed by atoms with Crippen molar-refractivity contribution < 1.29 is 8.85 Å². The van der Waals surface area contributed by atoms with Crippen LogP contribution < -0.4 is 0 Å². The lowest BCUT2D eigenvalue weighted by Gasteiger charge is -2.20. The second kappa shape index (κ2) is 32.3. The van der Waals surface area contributed by atoms with Gasteiger partial charge in [-0.2, -0.15) is 0 Å². The van der Waals surface area contributed by atoms with Gasteiger partial charge in [0.05, 0.1) is 0 Å². The van der Waals surface area contributed by atoms with Crippen LogP contribution in [0.4, 0.5) is 0 Å². The average Bonchev–Trinajstić information content (AvgIpc) is 2.92. The molecule has 37 heavy (non-hydrogen) atoms. The van der Waals surface area contributed by atoms with Gasteiger partial charge in [-0.25, -0.2) is 0 Å². The summed E-state index contributed by atoms with van der Waals surface area (Å²) in [5.41, 5.74) is 0. The molecule has 3 heteroatoms. The zero-order valence-electron chi connectivity index (χ0n) is 26.5. The van der Waals surface area contributed by atoms with Crippen LogP contribution in [0.3, 0.4) is 0 Å². The molecule has 0 saturated carbocycles. The Kier molecular flexibility index (Phi) is 32.5. The lowest BCUT2D eigenvalue weighted by atomic mass is 10.0. The summed E-state index contributed by atoms with van der Waals surface area (Å²) in [4.78, 5) is 0. The van der Waals surface area contributed by atoms with Crippen molar-refractivity contribution in [3.8, 4) is 0 Å². The van der Waals surface area contributed by atoms with Crippen molar-refractivity contribution in [1.82, 2.24) is 0 Å². The van der Waals surface area contributed by atoms with Crippen LogP contribution in [0.25, 0.3) is 0 Å². The number of hydrogen-bond donors (Lipinski definition) is 0. The highest BCUT2D eigenvalue weighted by molar-refractivity contribution is 6.18. The Bertz CT molecular complexity index is 367. The van der Waals surface area contributed by atoms with Crippen LogP contribution in [0.15, 0.2) is 0 Å². The molecule has 0 saturated heterocycles. The molecule has 2 atom stereocenters. The van der Waals surface area contributed by atoms with E-state index in [4.69, 9.17) is 8.85 Å². The van der Waals surface area contributed by atoms with E-state index in [-0.39, 0.29) is 0 Å². The highest BCUT2D eigenvalue weighted by Gasteiger charge is 2.10. The van der Waals surface area contributed by atoms with E-state index in [1.807, 2.05) is 0 Å². The van der Waals surface area contributed by atoms with Crippen molar-refractivity contribution in [3.63, 3.8) is 0 Å². The highest BCUT2D eigenvalue weighted by atomic mass is 28.3. The zero-order chi connectivity index (χ0) is 27.1. The predicted molar refractivity (Wildman–Crippen MR) is 170 cm³/mol. The maximum absolute atomic E-state index is 6.25. The van der Waals surface area contributed by atoms with Gasteiger partial charge in [-0.3, -0.25) is 0 Å². The molecule has 0 amide bonds. The largest absolute Gasteiger partial charge is 0.396 e. The fraction of sp³-hybridized carbons (Fsp3) is 1.00. The first-order valence-electron chi connectivity index (χ1n) is 17.5. The van der Waals surface area contributed by atoms with Crippen LogP contribution in [0.1, 0.15) is 207 Å². The number of hydrogen-bond acceptors (Lipinski definition) is 2. The highest BCUT2D eigenvalue weighted by Crippen LogP contribution is 2.17. The first kappa shape index (κ1) is 37.1. The molecular formula is C34H72O2Si. The zero-order valence-corrected chi connectivity index (χ0v) is 27.9. The predicted octanol–water partition coefficient (Wildman–Crippen LogP) is 11.8. The van der Waals surface area contributed by atoms with E-state index < -0.39 is 10.0 Å². The van der Waals surface area contributed by atoms with Gasteiger partial charge in [0.15, 0.2) is 0 Å². The van der Waals surface area contributed by atoms with Gasteiger partial charge in [0.1, 0.15) is 0 Å². The van der Waals surface area contributed by atoms with Gasteiger partial charge in [-0.15, -0.1) is 0 Å². The van der Waals surface area contributed by atoms with E-state index in [9.17, 15) is 0 Å². The van der Waals surface area contributed by atoms with Gasteiger partial charge in [-0.1, -0.05) is 182 Å². The second-order valence-electron chi connectivity index (χ2n) is 11.9. The Morgan fingerprint density at radius 1 is 0.351 bits per heavy atom. The summed E-state index contributed by atoms with van der Waals surface area (Å²) < 4.78 is 12.5. The molecule has 0 N–H and O–H groups in total. The van der Waals surface area contributed by atoms with Crippen molar-refractivity contribution in [2.45, 2.75) is 220 Å². The van der Waals surface area contributed by atoms with Crippen molar-refractivity contribution in [2.24, 2.45) is 0 Å². The minimum atomic E-state index is -0.829. The second-order valence-corrected chi connectivity index (χ2v) is 12.8. The monoisotopic (exact) mass is 541 g/mol. The Hall–Kier alpha value is 0.137. The van der Waals surface area contributed by atoms with Crippen LogP contribution in [0.2, 0.25) is 0 Å². The molecule has 0 radical (unpaired) electrons. The van der Waals surface area contributed by atoms with E-state index in [0.29, 0.717) is 12.2 Å². The molecule has 224 valence electrons. The molecule has 0 fully saturated rings. The van der Waals surface area contributed by atoms with Gasteiger partial charge >= 0.3 is 10.0 Å². The van der Waals surface area contributed by atoms with E-state index in [1.165, 1.54) is 167 Å². The summed E-state index contributed by atoms with van der Waals surface area (Å²) in [5, 5.41) is 0. The smallest absolute Gasteiger partial charge is 0.304 e. The molecule has 0 heterocycles. The SMILES string of the molecule is CCCCCCCCCCCCCCC(CC)O[SiH2]OC(CC)CCCCCCCCCCCCCC. The van der Waals surface area contributed by atoms with Gasteiger partial charge < -0.3 is 8.85 Å². The molecule has 0 aromatic heterocycles. The van der Waals surface area contributed by atoms with E-state index >= 15 is 0 Å². The van der Waals surface area contributed by atoms with Gasteiger partial charge in [0, 0.05) is 12.2 Å². The third-order valence-electron chi connectivity index (χ3n) is 8.28. The maximum atomic E-state index is 6.25. The molecule has 0 aliphatic carbocycles. The molecule has 0 spiro atoms. The molecule has 0 bridgehead atoms. The summed E-state index contributed by atoms with van der Waals surface area (Å²) in [6.07, 6.45) is 39.8. The summed E-state index contributed by atoms with van der Waals surface area (Å²) in [6, 6.07) is 0. The van der Waals surface area contributed by atoms with Crippen LogP contribution >= 0.6 is 0 Å². The van der Waals surface area contributed by atoms with Crippen molar-refractivity contribution in [3.05, 3.63) is 0 Å². The summed E-state index contributed by atoms with van der Waals surface area (Å²) in [5.74, 6) is 0. The molecular weight excluding hydrogens is 468 g/mol. The third-order valence-corrected chi connectivity index (χ3v) is 9.49. The molecule has 2 unspecified atom stereocenters. The lowest BCUT2D eigenvalue weighted by Crippen LogP contribution is -2.22. The maximum Gasteiger partial charge on any atom is 0.304 e. The lowest BCUT2D eigenvalue weighted by molar-refractivity contribution is 0.103. The quantitative estimate of drug-likeness (QED) is 0.0623. The van der Waals surface area contributed by atoms with Crippen LogP contribution in [0, 0.1) is 0 Å². The summed E-state index contributed by atoms with van der Waals surface area (Å²) in [7, 11) is -0.829. The minimum Gasteiger partial charge on any atom is -0.396 e. The Labute approximate surface area is 238 Å². The van der Waals surface area contributed by atoms with Gasteiger partial charge in [0.25, 0.3) is 0 Å². The number of unbranched alkanes of at least 4 members (excludes halogenated alkanes) is 22.